The molecule has 6 fully saturated rings. The zero-order valence-corrected chi connectivity index (χ0v) is 20.5. The van der Waals surface area contributed by atoms with Crippen LogP contribution in [0.2, 0.25) is 0 Å². The van der Waals surface area contributed by atoms with Gasteiger partial charge in [-0.05, 0) is 19.4 Å². The second kappa shape index (κ2) is 7.12. The van der Waals surface area contributed by atoms with Gasteiger partial charge >= 0.3 is 0 Å². The van der Waals surface area contributed by atoms with Crippen LogP contribution >= 0.6 is 0 Å². The third kappa shape index (κ3) is 2.14. The summed E-state index contributed by atoms with van der Waals surface area (Å²) < 4.78 is 23.6. The maximum Gasteiger partial charge on any atom is 0.120 e. The Kier molecular flexibility index (Phi) is 5.02. The molecule has 1 heterocycles. The van der Waals surface area contributed by atoms with Crippen LogP contribution in [0.15, 0.2) is 0 Å². The van der Waals surface area contributed by atoms with Gasteiger partial charge in [0.05, 0.1) is 31.0 Å². The molecule has 0 aromatic rings. The van der Waals surface area contributed by atoms with Crippen LogP contribution in [-0.2, 0) is 18.9 Å². The van der Waals surface area contributed by atoms with Crippen LogP contribution < -0.4 is 0 Å². The van der Waals surface area contributed by atoms with Crippen molar-refractivity contribution in [2.75, 3.05) is 48.6 Å². The molecule has 194 valence electrons. The minimum atomic E-state index is -1.76. The highest BCUT2D eigenvalue weighted by atomic mass is 16.5. The number of hydrogen-bond donors (Lipinski definition) is 5. The Morgan fingerprint density at radius 2 is 1.65 bits per heavy atom. The minimum Gasteiger partial charge on any atom is -0.392 e. The second-order valence-corrected chi connectivity index (χ2v) is 12.0. The van der Waals surface area contributed by atoms with Gasteiger partial charge in [-0.1, -0.05) is 0 Å². The van der Waals surface area contributed by atoms with Gasteiger partial charge in [-0.15, -0.1) is 0 Å². The lowest BCUT2D eigenvalue weighted by Gasteiger charge is -2.69. The van der Waals surface area contributed by atoms with Crippen molar-refractivity contribution in [3.8, 4) is 0 Å². The fourth-order valence-electron chi connectivity index (χ4n) is 10.9. The molecule has 3 unspecified atom stereocenters. The molecule has 5 aliphatic carbocycles. The van der Waals surface area contributed by atoms with Gasteiger partial charge in [0.25, 0.3) is 0 Å². The van der Waals surface area contributed by atoms with Gasteiger partial charge in [-0.3, -0.25) is 0 Å². The normalized spacial score (nSPS) is 63.9. The van der Waals surface area contributed by atoms with Gasteiger partial charge in [0.2, 0.25) is 0 Å². The summed E-state index contributed by atoms with van der Waals surface area (Å²) in [6.07, 6.45) is -4.96. The number of aliphatic hydroxyl groups excluding tert-OH is 3. The predicted octanol–water partition coefficient (Wildman–Crippen LogP) is -2.18. The molecule has 7 bridgehead atoms. The molecule has 5 N–H and O–H groups in total. The van der Waals surface area contributed by atoms with E-state index in [1.807, 2.05) is 7.05 Å². The first-order valence-electron chi connectivity index (χ1n) is 12.3. The molecule has 0 amide bonds. The number of ether oxygens (including phenoxy) is 4. The van der Waals surface area contributed by atoms with Crippen molar-refractivity contribution in [1.82, 2.24) is 4.90 Å². The number of methoxy groups -OCH3 is 4. The summed E-state index contributed by atoms with van der Waals surface area (Å²) in [4.78, 5) is 2.17. The standard InChI is InChI=1S/C24H39NO9/c1-25-8-21(9-31-2)11(26)6-12(32-3)23-10-7-22(29)18(27)13(10)24(30,19(28)20(22)34-5)14(17(23)25)15(33-4)16(21)23/h10-20,26-30H,6-9H2,1-5H3/t10-,11-,12+,13-,14?,15+,16-,17?,18+,19+,20+,21+,22+,23?,24-/m1/s1. The topological polar surface area (TPSA) is 141 Å². The smallest absolute Gasteiger partial charge is 0.120 e. The molecule has 15 atom stereocenters. The van der Waals surface area contributed by atoms with Crippen LogP contribution in [-0.4, -0.2) is 133 Å². The average molecular weight is 486 g/mol. The Hall–Kier alpha value is -0.400. The number of likely N-dealkylation sites (tertiary alicyclic amines) is 1. The molecule has 10 heteroatoms. The minimum absolute atomic E-state index is 0.153. The quantitative estimate of drug-likeness (QED) is 0.292. The molecule has 5 saturated carbocycles. The molecule has 34 heavy (non-hydrogen) atoms. The fraction of sp³-hybridized carbons (Fsp3) is 1.00. The average Bonchev–Trinajstić information content (AvgIpc) is 3.17. The number of fused-ring (bicyclic) bond motifs is 2. The maximum atomic E-state index is 12.5. The SMILES string of the molecule is COC[C@]12CN(C)C3C4[C@H](OC)[C@H]1C3([C@@H](OC)C[C@H]2O)[C@@H]1C[C@]2(O)[C@@H](O)[C@@H]1[C@]4(O)[C@@H](O)[C@@H]2OC. The van der Waals surface area contributed by atoms with E-state index >= 15 is 0 Å². The van der Waals surface area contributed by atoms with Crippen LogP contribution in [0.3, 0.4) is 0 Å². The molecule has 10 nitrogen and oxygen atoms in total. The number of hydrogen-bond acceptors (Lipinski definition) is 10. The molecule has 0 aromatic carbocycles. The van der Waals surface area contributed by atoms with Gasteiger partial charge in [0, 0.05) is 76.0 Å². The van der Waals surface area contributed by atoms with E-state index in [1.165, 1.54) is 7.11 Å². The molecule has 1 aliphatic heterocycles. The van der Waals surface area contributed by atoms with Gasteiger partial charge in [-0.2, -0.15) is 0 Å². The highest BCUT2D eigenvalue weighted by Gasteiger charge is 2.90. The summed E-state index contributed by atoms with van der Waals surface area (Å²) in [5, 5.41) is 58.9. The summed E-state index contributed by atoms with van der Waals surface area (Å²) in [6.45, 7) is 0.836. The third-order valence-electron chi connectivity index (χ3n) is 11.4. The van der Waals surface area contributed by atoms with Crippen LogP contribution in [0.25, 0.3) is 0 Å². The van der Waals surface area contributed by atoms with E-state index < -0.39 is 76.4 Å². The summed E-state index contributed by atoms with van der Waals surface area (Å²) in [6, 6.07) is -0.254. The number of rotatable bonds is 5. The van der Waals surface area contributed by atoms with Gasteiger partial charge in [-0.25, -0.2) is 0 Å². The van der Waals surface area contributed by atoms with Crippen LogP contribution in [0.5, 0.6) is 0 Å². The largest absolute Gasteiger partial charge is 0.392 e. The van der Waals surface area contributed by atoms with E-state index in [2.05, 4.69) is 4.90 Å². The van der Waals surface area contributed by atoms with Crippen molar-refractivity contribution in [1.29, 1.82) is 0 Å². The first kappa shape index (κ1) is 24.0. The first-order valence-corrected chi connectivity index (χ1v) is 12.3. The summed E-state index contributed by atoms with van der Waals surface area (Å²) >= 11 is 0. The van der Waals surface area contributed by atoms with E-state index in [-0.39, 0.29) is 18.4 Å². The van der Waals surface area contributed by atoms with Gasteiger partial charge in [0.1, 0.15) is 23.4 Å². The van der Waals surface area contributed by atoms with Gasteiger partial charge in [0.15, 0.2) is 0 Å². The van der Waals surface area contributed by atoms with E-state index in [4.69, 9.17) is 18.9 Å². The van der Waals surface area contributed by atoms with Crippen molar-refractivity contribution < 1.29 is 44.5 Å². The summed E-state index contributed by atoms with van der Waals surface area (Å²) in [5.74, 6) is -2.05. The van der Waals surface area contributed by atoms with Crippen molar-refractivity contribution in [3.05, 3.63) is 0 Å². The predicted molar refractivity (Wildman–Crippen MR) is 117 cm³/mol. The Morgan fingerprint density at radius 3 is 2.24 bits per heavy atom. The van der Waals surface area contributed by atoms with Crippen LogP contribution in [0, 0.1) is 34.5 Å². The molecule has 0 aromatic heterocycles. The summed E-state index contributed by atoms with van der Waals surface area (Å²) in [7, 11) is 8.24. The van der Waals surface area contributed by atoms with Crippen molar-refractivity contribution in [3.63, 3.8) is 0 Å². The lowest BCUT2D eigenvalue weighted by molar-refractivity contribution is -0.319. The van der Waals surface area contributed by atoms with Gasteiger partial charge < -0.3 is 49.4 Å². The Balaban J connectivity index is 1.67. The Bertz CT molecular complexity index is 862. The molecule has 0 radical (unpaired) electrons. The molecule has 1 saturated heterocycles. The molecule has 6 aliphatic rings. The number of nitrogens with zero attached hydrogens (tertiary/aromatic N) is 1. The third-order valence-corrected chi connectivity index (χ3v) is 11.4. The Labute approximate surface area is 199 Å². The molecule has 1 spiro atoms. The van der Waals surface area contributed by atoms with Crippen molar-refractivity contribution in [2.45, 2.75) is 66.7 Å². The highest BCUT2D eigenvalue weighted by molar-refractivity contribution is 5.39. The fourth-order valence-corrected chi connectivity index (χ4v) is 10.9. The zero-order valence-electron chi connectivity index (χ0n) is 20.5. The van der Waals surface area contributed by atoms with Crippen LogP contribution in [0.1, 0.15) is 12.8 Å². The molecular formula is C24H39NO9. The van der Waals surface area contributed by atoms with E-state index in [0.29, 0.717) is 19.6 Å². The summed E-state index contributed by atoms with van der Waals surface area (Å²) in [5.41, 5.74) is -4.81. The maximum absolute atomic E-state index is 12.5. The second-order valence-electron chi connectivity index (χ2n) is 12.0. The van der Waals surface area contributed by atoms with E-state index in [0.717, 1.165) is 0 Å². The zero-order chi connectivity index (χ0) is 24.6. The van der Waals surface area contributed by atoms with Crippen LogP contribution in [0.4, 0.5) is 0 Å². The lowest BCUT2D eigenvalue weighted by atomic mass is 9.42. The van der Waals surface area contributed by atoms with E-state index in [9.17, 15) is 25.5 Å². The highest BCUT2D eigenvalue weighted by Crippen LogP contribution is 2.79. The molecular weight excluding hydrogens is 446 g/mol. The van der Waals surface area contributed by atoms with E-state index in [1.54, 1.807) is 21.3 Å². The monoisotopic (exact) mass is 485 g/mol. The Morgan fingerprint density at radius 1 is 0.941 bits per heavy atom. The number of aliphatic hydroxyl groups is 5. The van der Waals surface area contributed by atoms with Crippen molar-refractivity contribution in [2.24, 2.45) is 34.5 Å². The number of piperidine rings is 1. The lowest BCUT2D eigenvalue weighted by Crippen LogP contribution is -2.80. The van der Waals surface area contributed by atoms with Crippen molar-refractivity contribution >= 4 is 0 Å². The molecule has 6 rings (SSSR count). The first-order chi connectivity index (χ1) is 16.1.